The fourth-order valence-corrected chi connectivity index (χ4v) is 3.16. The number of aromatic nitrogens is 2. The number of hydrogen-bond acceptors (Lipinski definition) is 3. The van der Waals surface area contributed by atoms with Crippen molar-refractivity contribution in [2.24, 2.45) is 5.92 Å². The number of benzene rings is 1. The summed E-state index contributed by atoms with van der Waals surface area (Å²) in [5.74, 6) is 1.11. The first kappa shape index (κ1) is 15.9. The molecule has 1 aromatic carbocycles. The van der Waals surface area contributed by atoms with E-state index in [1.54, 1.807) is 23.9 Å². The van der Waals surface area contributed by atoms with E-state index >= 15 is 0 Å². The average Bonchev–Trinajstić information content (AvgIpc) is 2.45. The fraction of sp³-hybridized carbons (Fsp3) is 0.333. The molecular formula is C15H17ClN2O2S. The highest BCUT2D eigenvalue weighted by molar-refractivity contribution is 7.98. The van der Waals surface area contributed by atoms with Gasteiger partial charge in [0.15, 0.2) is 0 Å². The van der Waals surface area contributed by atoms with Crippen molar-refractivity contribution >= 4 is 23.4 Å². The van der Waals surface area contributed by atoms with Gasteiger partial charge in [-0.25, -0.2) is 4.79 Å². The molecule has 21 heavy (non-hydrogen) atoms. The summed E-state index contributed by atoms with van der Waals surface area (Å²) >= 11 is 7.76. The molecule has 0 amide bonds. The van der Waals surface area contributed by atoms with Gasteiger partial charge >= 0.3 is 5.69 Å². The van der Waals surface area contributed by atoms with Gasteiger partial charge < -0.3 is 0 Å². The molecule has 0 spiro atoms. The number of H-pyrrole nitrogens is 1. The summed E-state index contributed by atoms with van der Waals surface area (Å²) in [6.07, 6.45) is 2.00. The minimum atomic E-state index is -0.461. The maximum absolute atomic E-state index is 12.6. The molecule has 0 radical (unpaired) electrons. The number of halogens is 1. The Morgan fingerprint density at radius 2 is 1.95 bits per heavy atom. The van der Waals surface area contributed by atoms with Crippen LogP contribution in [-0.4, -0.2) is 21.6 Å². The molecule has 1 N–H and O–H groups in total. The van der Waals surface area contributed by atoms with Crippen molar-refractivity contribution in [2.45, 2.75) is 13.5 Å². The molecule has 1 aromatic heterocycles. The third kappa shape index (κ3) is 3.60. The fourth-order valence-electron chi connectivity index (χ4n) is 2.21. The maximum atomic E-state index is 12.6. The molecule has 0 aliphatic carbocycles. The smallest absolute Gasteiger partial charge is 0.297 e. The Hall–Kier alpha value is -1.46. The number of thioether (sulfide) groups is 1. The molecule has 2 aromatic rings. The van der Waals surface area contributed by atoms with Gasteiger partial charge in [-0.1, -0.05) is 48.9 Å². The number of rotatable bonds is 5. The molecule has 0 aliphatic rings. The van der Waals surface area contributed by atoms with E-state index in [0.29, 0.717) is 17.7 Å². The van der Waals surface area contributed by atoms with Crippen molar-refractivity contribution in [3.8, 4) is 11.1 Å². The predicted molar refractivity (Wildman–Crippen MR) is 89.3 cm³/mol. The van der Waals surface area contributed by atoms with Crippen molar-refractivity contribution < 1.29 is 0 Å². The van der Waals surface area contributed by atoms with Crippen LogP contribution in [0.15, 0.2) is 39.9 Å². The topological polar surface area (TPSA) is 54.9 Å². The SMILES string of the molecule is CSCC(C)Cn1c(=O)[nH]c(Cl)c(-c2ccccc2)c1=O. The molecule has 0 fully saturated rings. The molecule has 1 unspecified atom stereocenters. The van der Waals surface area contributed by atoms with E-state index in [1.807, 2.05) is 31.4 Å². The second-order valence-electron chi connectivity index (χ2n) is 4.96. The number of hydrogen-bond donors (Lipinski definition) is 1. The Bertz CT molecular complexity index is 725. The summed E-state index contributed by atoms with van der Waals surface area (Å²) in [5, 5.41) is 0.0879. The molecule has 1 heterocycles. The Morgan fingerprint density at radius 1 is 1.29 bits per heavy atom. The van der Waals surface area contributed by atoms with Gasteiger partial charge in [0.1, 0.15) is 5.15 Å². The summed E-state index contributed by atoms with van der Waals surface area (Å²) in [5.41, 5.74) is 0.240. The summed E-state index contributed by atoms with van der Waals surface area (Å²) in [6, 6.07) is 9.13. The van der Waals surface area contributed by atoms with E-state index in [4.69, 9.17) is 11.6 Å². The van der Waals surface area contributed by atoms with Crippen molar-refractivity contribution in [3.63, 3.8) is 0 Å². The van der Waals surface area contributed by atoms with Crippen LogP contribution in [0.1, 0.15) is 6.92 Å². The first-order chi connectivity index (χ1) is 10.0. The van der Waals surface area contributed by atoms with Crippen LogP contribution in [-0.2, 0) is 6.54 Å². The Morgan fingerprint density at radius 3 is 2.57 bits per heavy atom. The molecule has 2 rings (SSSR count). The lowest BCUT2D eigenvalue weighted by Crippen LogP contribution is -2.38. The molecule has 112 valence electrons. The quantitative estimate of drug-likeness (QED) is 0.860. The van der Waals surface area contributed by atoms with E-state index in [1.165, 1.54) is 4.57 Å². The van der Waals surface area contributed by atoms with Crippen molar-refractivity contribution in [3.05, 3.63) is 56.3 Å². The lowest BCUT2D eigenvalue weighted by atomic mass is 10.1. The minimum absolute atomic E-state index is 0.0879. The Kier molecular flexibility index (Phi) is 5.31. The van der Waals surface area contributed by atoms with Crippen molar-refractivity contribution in [2.75, 3.05) is 12.0 Å². The Labute approximate surface area is 132 Å². The van der Waals surface area contributed by atoms with Crippen molar-refractivity contribution in [1.29, 1.82) is 0 Å². The van der Waals surface area contributed by atoms with Crippen LogP contribution in [0, 0.1) is 5.92 Å². The standard InChI is InChI=1S/C15H17ClN2O2S/c1-10(9-21-2)8-18-14(19)12(13(16)17-15(18)20)11-6-4-3-5-7-11/h3-7,10H,8-9H2,1-2H3,(H,17,20). The van der Waals surface area contributed by atoms with Gasteiger partial charge in [0.2, 0.25) is 0 Å². The van der Waals surface area contributed by atoms with E-state index < -0.39 is 5.69 Å². The van der Waals surface area contributed by atoms with E-state index in [-0.39, 0.29) is 16.6 Å². The van der Waals surface area contributed by atoms with Gasteiger partial charge in [0.05, 0.1) is 5.56 Å². The van der Waals surface area contributed by atoms with Gasteiger partial charge in [-0.2, -0.15) is 11.8 Å². The van der Waals surface area contributed by atoms with Crippen LogP contribution < -0.4 is 11.2 Å². The number of nitrogens with zero attached hydrogens (tertiary/aromatic N) is 1. The average molecular weight is 325 g/mol. The summed E-state index contributed by atoms with van der Waals surface area (Å²) < 4.78 is 1.23. The zero-order valence-corrected chi connectivity index (χ0v) is 13.5. The molecule has 6 heteroatoms. The first-order valence-corrected chi connectivity index (χ1v) is 8.38. The van der Waals surface area contributed by atoms with Crippen LogP contribution in [0.5, 0.6) is 0 Å². The summed E-state index contributed by atoms with van der Waals surface area (Å²) in [7, 11) is 0. The van der Waals surface area contributed by atoms with Gasteiger partial charge in [0, 0.05) is 6.54 Å². The zero-order valence-electron chi connectivity index (χ0n) is 11.9. The third-order valence-corrected chi connectivity index (χ3v) is 4.33. The van der Waals surface area contributed by atoms with Gasteiger partial charge in [-0.15, -0.1) is 0 Å². The molecule has 4 nitrogen and oxygen atoms in total. The normalized spacial score (nSPS) is 12.3. The zero-order chi connectivity index (χ0) is 15.4. The molecule has 1 atom stereocenters. The highest BCUT2D eigenvalue weighted by Gasteiger charge is 2.15. The monoisotopic (exact) mass is 324 g/mol. The predicted octanol–water partition coefficient (Wildman–Crippen LogP) is 2.86. The highest BCUT2D eigenvalue weighted by Crippen LogP contribution is 2.21. The van der Waals surface area contributed by atoms with Gasteiger partial charge in [0.25, 0.3) is 5.56 Å². The molecule has 0 aliphatic heterocycles. The third-order valence-electron chi connectivity index (χ3n) is 3.15. The van der Waals surface area contributed by atoms with Gasteiger partial charge in [-0.05, 0) is 23.5 Å². The van der Waals surface area contributed by atoms with E-state index in [9.17, 15) is 9.59 Å². The number of nitrogens with one attached hydrogen (secondary N) is 1. The minimum Gasteiger partial charge on any atom is -0.297 e. The lowest BCUT2D eigenvalue weighted by Gasteiger charge is -2.13. The summed E-state index contributed by atoms with van der Waals surface area (Å²) in [6.45, 7) is 2.39. The lowest BCUT2D eigenvalue weighted by molar-refractivity contribution is 0.500. The maximum Gasteiger partial charge on any atom is 0.329 e. The number of aromatic amines is 1. The van der Waals surface area contributed by atoms with E-state index in [0.717, 1.165) is 5.75 Å². The van der Waals surface area contributed by atoms with Crippen molar-refractivity contribution in [1.82, 2.24) is 9.55 Å². The molecular weight excluding hydrogens is 308 g/mol. The van der Waals surface area contributed by atoms with E-state index in [2.05, 4.69) is 4.98 Å². The second-order valence-corrected chi connectivity index (χ2v) is 6.25. The largest absolute Gasteiger partial charge is 0.329 e. The second kappa shape index (κ2) is 7.00. The van der Waals surface area contributed by atoms with Gasteiger partial charge in [-0.3, -0.25) is 14.3 Å². The Balaban J connectivity index is 2.54. The summed E-state index contributed by atoms with van der Waals surface area (Å²) in [4.78, 5) is 27.2. The highest BCUT2D eigenvalue weighted by atomic mass is 35.5. The molecule has 0 saturated carbocycles. The van der Waals surface area contributed by atoms with Crippen LogP contribution in [0.2, 0.25) is 5.15 Å². The van der Waals surface area contributed by atoms with Crippen LogP contribution >= 0.6 is 23.4 Å². The molecule has 0 saturated heterocycles. The van der Waals surface area contributed by atoms with Crippen LogP contribution in [0.3, 0.4) is 0 Å². The van der Waals surface area contributed by atoms with Crippen LogP contribution in [0.25, 0.3) is 11.1 Å². The van der Waals surface area contributed by atoms with Crippen LogP contribution in [0.4, 0.5) is 0 Å². The first-order valence-electron chi connectivity index (χ1n) is 6.61. The molecule has 0 bridgehead atoms.